The zero-order chi connectivity index (χ0) is 26.5. The molecule has 0 aliphatic carbocycles. The van der Waals surface area contributed by atoms with Gasteiger partial charge in [-0.15, -0.1) is 32.8 Å². The molecule has 194 valence electrons. The molecule has 15 heteroatoms. The molecule has 3 aromatic carbocycles. The van der Waals surface area contributed by atoms with Gasteiger partial charge in [-0.1, -0.05) is 57.3 Å². The number of halogens is 5. The summed E-state index contributed by atoms with van der Waals surface area (Å²) in [5.74, 6) is 5.89. The first kappa shape index (κ1) is 30.2. The molecule has 0 aliphatic heterocycles. The van der Waals surface area contributed by atoms with Crippen LogP contribution in [0.25, 0.3) is 0 Å². The Morgan fingerprint density at radius 3 is 2.28 bits per heavy atom. The maximum Gasteiger partial charge on any atom is 0.399 e. The highest BCUT2D eigenvalue weighted by atomic mass is 79.9. The molecule has 0 fully saturated rings. The molecule has 0 atom stereocenters. The maximum absolute atomic E-state index is 14.0. The van der Waals surface area contributed by atoms with Gasteiger partial charge < -0.3 is 9.79 Å². The summed E-state index contributed by atoms with van der Waals surface area (Å²) >= 11 is 19.4. The van der Waals surface area contributed by atoms with Gasteiger partial charge >= 0.3 is 13.3 Å². The molecular weight excluding hydrogens is 662 g/mol. The summed E-state index contributed by atoms with van der Waals surface area (Å²) in [6.45, 7) is 0. The second kappa shape index (κ2) is 13.1. The third-order valence-electron chi connectivity index (χ3n) is 4.59. The first-order valence-corrected chi connectivity index (χ1v) is 15.6. The highest BCUT2D eigenvalue weighted by Crippen LogP contribution is 2.60. The minimum absolute atomic E-state index is 0.0703. The van der Waals surface area contributed by atoms with Gasteiger partial charge in [0.15, 0.2) is 0 Å². The van der Waals surface area contributed by atoms with Crippen LogP contribution < -0.4 is 5.90 Å². The lowest BCUT2D eigenvalue weighted by Crippen LogP contribution is -2.14. The van der Waals surface area contributed by atoms with Crippen molar-refractivity contribution in [2.75, 3.05) is 0 Å². The normalized spacial score (nSPS) is 12.2. The summed E-state index contributed by atoms with van der Waals surface area (Å²) in [4.78, 5) is 24.6. The van der Waals surface area contributed by atoms with E-state index in [2.05, 4.69) is 25.3 Å². The fourth-order valence-electron chi connectivity index (χ4n) is 2.83. The summed E-state index contributed by atoms with van der Waals surface area (Å²) in [6, 6.07) is 15.1. The number of hydrogen-bond donors (Lipinski definition) is 3. The highest BCUT2D eigenvalue weighted by Gasteiger charge is 2.51. The Morgan fingerprint density at radius 1 is 1.00 bits per heavy atom. The Kier molecular flexibility index (Phi) is 11.0. The molecule has 0 saturated heterocycles. The zero-order valence-corrected chi connectivity index (χ0v) is 24.3. The summed E-state index contributed by atoms with van der Waals surface area (Å²) in [5.41, 5.74) is -3.49. The van der Waals surface area contributed by atoms with Crippen LogP contribution >= 0.6 is 82.3 Å². The lowest BCUT2D eigenvalue weighted by atomic mass is 10.1. The van der Waals surface area contributed by atoms with E-state index in [0.29, 0.717) is 32.0 Å². The Labute approximate surface area is 237 Å². The molecule has 0 bridgehead atoms. The molecule has 36 heavy (non-hydrogen) atoms. The average molecular weight is 679 g/mol. The predicted octanol–water partition coefficient (Wildman–Crippen LogP) is 8.40. The van der Waals surface area contributed by atoms with Gasteiger partial charge in [-0.25, -0.2) is 0 Å². The average Bonchev–Trinajstić information content (AvgIpc) is 2.81. The third-order valence-corrected chi connectivity index (χ3v) is 9.77. The first-order chi connectivity index (χ1) is 16.9. The van der Waals surface area contributed by atoms with Crippen molar-refractivity contribution in [1.29, 1.82) is 0 Å². The van der Waals surface area contributed by atoms with Crippen molar-refractivity contribution in [3.63, 3.8) is 0 Å². The molecule has 0 saturated carbocycles. The standard InChI is InChI=1S/C21H17BrCl2F2NO5PS3/c22-17-6-12(4-5-16(17)21(25,26)33(28,29)30)10-34-14-2-1-3-15(8-14)35-11-13-7-20(36-32-31-27)19(24)9-18(13)23/h1-9H,10-11,27H2,(H2,28,29,30). The smallest absolute Gasteiger partial charge is 0.320 e. The summed E-state index contributed by atoms with van der Waals surface area (Å²) < 4.78 is 43.8. The molecule has 4 N–H and O–H groups in total. The van der Waals surface area contributed by atoms with Gasteiger partial charge in [-0.2, -0.15) is 14.7 Å². The van der Waals surface area contributed by atoms with Crippen LogP contribution in [0, 0.1) is 0 Å². The molecule has 0 amide bonds. The predicted molar refractivity (Wildman–Crippen MR) is 144 cm³/mol. The van der Waals surface area contributed by atoms with Crippen LogP contribution in [0.3, 0.4) is 0 Å². The molecule has 0 spiro atoms. The van der Waals surface area contributed by atoms with E-state index < -0.39 is 18.8 Å². The number of rotatable bonds is 11. The number of thioether (sulfide) groups is 2. The van der Waals surface area contributed by atoms with Crippen molar-refractivity contribution in [1.82, 2.24) is 0 Å². The van der Waals surface area contributed by atoms with Crippen molar-refractivity contribution >= 4 is 82.3 Å². The van der Waals surface area contributed by atoms with E-state index >= 15 is 0 Å². The van der Waals surface area contributed by atoms with Crippen LogP contribution in [0.2, 0.25) is 10.0 Å². The van der Waals surface area contributed by atoms with Gasteiger partial charge in [-0.3, -0.25) is 4.57 Å². The van der Waals surface area contributed by atoms with Crippen molar-refractivity contribution in [2.24, 2.45) is 5.90 Å². The van der Waals surface area contributed by atoms with Crippen LogP contribution in [0.15, 0.2) is 73.8 Å². The fourth-order valence-corrected chi connectivity index (χ4v) is 7.15. The molecule has 3 aromatic rings. The van der Waals surface area contributed by atoms with Crippen LogP contribution in [0.1, 0.15) is 16.7 Å². The molecule has 0 aliphatic rings. The molecule has 0 aromatic heterocycles. The summed E-state index contributed by atoms with van der Waals surface area (Å²) in [6.07, 6.45) is 0. The van der Waals surface area contributed by atoms with Gasteiger partial charge in [0, 0.05) is 36.4 Å². The quantitative estimate of drug-likeness (QED) is 0.0607. The van der Waals surface area contributed by atoms with E-state index in [-0.39, 0.29) is 4.47 Å². The van der Waals surface area contributed by atoms with Crippen LogP contribution in [-0.4, -0.2) is 9.79 Å². The van der Waals surface area contributed by atoms with E-state index in [0.717, 1.165) is 33.5 Å². The monoisotopic (exact) mass is 677 g/mol. The van der Waals surface area contributed by atoms with Gasteiger partial charge in [-0.05, 0) is 47.5 Å². The van der Waals surface area contributed by atoms with E-state index in [1.807, 2.05) is 24.3 Å². The molecule has 0 unspecified atom stereocenters. The highest BCUT2D eigenvalue weighted by molar-refractivity contribution is 9.10. The minimum atomic E-state index is -5.65. The van der Waals surface area contributed by atoms with E-state index in [9.17, 15) is 13.3 Å². The lowest BCUT2D eigenvalue weighted by molar-refractivity contribution is -0.195. The molecule has 0 heterocycles. The fraction of sp³-hybridized carbons (Fsp3) is 0.143. The largest absolute Gasteiger partial charge is 0.399 e. The third kappa shape index (κ3) is 7.84. The van der Waals surface area contributed by atoms with Crippen molar-refractivity contribution < 1.29 is 32.5 Å². The summed E-state index contributed by atoms with van der Waals surface area (Å²) in [7, 11) is -5.65. The Bertz CT molecular complexity index is 1290. The van der Waals surface area contributed by atoms with Gasteiger partial charge in [0.25, 0.3) is 0 Å². The first-order valence-electron chi connectivity index (χ1n) is 9.68. The number of hydrogen-bond acceptors (Lipinski definition) is 7. The Hall–Kier alpha value is -0.340. The molecule has 0 radical (unpaired) electrons. The Morgan fingerprint density at radius 2 is 1.67 bits per heavy atom. The van der Waals surface area contributed by atoms with Gasteiger partial charge in [0.05, 0.1) is 22.0 Å². The maximum atomic E-state index is 14.0. The molecule has 6 nitrogen and oxygen atoms in total. The van der Waals surface area contributed by atoms with Gasteiger partial charge in [0.1, 0.15) is 0 Å². The summed E-state index contributed by atoms with van der Waals surface area (Å²) in [5, 5.41) is 0.911. The van der Waals surface area contributed by atoms with E-state index in [4.69, 9.17) is 38.9 Å². The lowest BCUT2D eigenvalue weighted by Gasteiger charge is -2.19. The van der Waals surface area contributed by atoms with Crippen LogP contribution in [0.5, 0.6) is 0 Å². The molecular formula is C21H17BrCl2F2NO5PS3. The minimum Gasteiger partial charge on any atom is -0.320 e. The number of nitrogens with two attached hydrogens (primary N) is 1. The second-order valence-electron chi connectivity index (χ2n) is 7.07. The van der Waals surface area contributed by atoms with E-state index in [1.54, 1.807) is 23.9 Å². The zero-order valence-electron chi connectivity index (χ0n) is 17.9. The van der Waals surface area contributed by atoms with Crippen molar-refractivity contribution in [2.45, 2.75) is 31.9 Å². The number of alkyl halides is 2. The number of benzene rings is 3. The van der Waals surface area contributed by atoms with Gasteiger partial charge in [0.2, 0.25) is 0 Å². The van der Waals surface area contributed by atoms with Crippen molar-refractivity contribution in [3.8, 4) is 0 Å². The second-order valence-corrected chi connectivity index (χ2v) is 13.2. The van der Waals surface area contributed by atoms with E-state index in [1.165, 1.54) is 23.9 Å². The van der Waals surface area contributed by atoms with Crippen LogP contribution in [0.4, 0.5) is 8.78 Å². The van der Waals surface area contributed by atoms with Crippen LogP contribution in [-0.2, 0) is 31.1 Å². The topological polar surface area (TPSA) is 102 Å². The molecule has 3 rings (SSSR count). The SMILES string of the molecule is NOOSc1cc(CSc2cccc(SCc3ccc(C(F)(F)P(=O)(O)O)c(Br)c3)c2)c(Cl)cc1Cl. The van der Waals surface area contributed by atoms with Crippen molar-refractivity contribution in [3.05, 3.63) is 85.8 Å². The Balaban J connectivity index is 1.65.